The predicted molar refractivity (Wildman–Crippen MR) is 80.4 cm³/mol. The van der Waals surface area contributed by atoms with Crippen molar-refractivity contribution in [1.29, 1.82) is 0 Å². The minimum atomic E-state index is -3.01. The molecule has 0 aromatic carbocycles. The lowest BCUT2D eigenvalue weighted by molar-refractivity contribution is 0.0781. The van der Waals surface area contributed by atoms with Crippen LogP contribution in [0.4, 0.5) is 0 Å². The van der Waals surface area contributed by atoms with Gasteiger partial charge in [0.2, 0.25) is 0 Å². The van der Waals surface area contributed by atoms with E-state index in [4.69, 9.17) is 0 Å². The van der Waals surface area contributed by atoms with E-state index in [9.17, 15) is 13.2 Å². The summed E-state index contributed by atoms with van der Waals surface area (Å²) in [5, 5.41) is 2.94. The van der Waals surface area contributed by atoms with Crippen LogP contribution in [-0.2, 0) is 22.8 Å². The smallest absolute Gasteiger partial charge is 0.274 e. The van der Waals surface area contributed by atoms with E-state index < -0.39 is 9.84 Å². The van der Waals surface area contributed by atoms with Crippen LogP contribution in [0.2, 0.25) is 0 Å². The molecule has 2 saturated heterocycles. The average Bonchev–Trinajstić information content (AvgIpc) is 3.11. The van der Waals surface area contributed by atoms with Crippen molar-refractivity contribution in [2.75, 3.05) is 31.9 Å². The summed E-state index contributed by atoms with van der Waals surface area (Å²) in [5.74, 6) is 1.19. The predicted octanol–water partition coefficient (Wildman–Crippen LogP) is -0.712. The second-order valence-corrected chi connectivity index (χ2v) is 8.74. The van der Waals surface area contributed by atoms with Crippen LogP contribution in [0.3, 0.4) is 0 Å². The quantitative estimate of drug-likeness (QED) is 0.738. The number of hydrogen-bond donors (Lipinski definition) is 1. The minimum Gasteiger partial charge on any atom is -0.336 e. The van der Waals surface area contributed by atoms with E-state index in [2.05, 4.69) is 10.3 Å². The number of sulfone groups is 1. The Kier molecular flexibility index (Phi) is 3.26. The van der Waals surface area contributed by atoms with Crippen LogP contribution in [-0.4, -0.2) is 66.0 Å². The van der Waals surface area contributed by atoms with Crippen molar-refractivity contribution in [3.05, 3.63) is 17.7 Å². The lowest BCUT2D eigenvalue weighted by atomic mass is 10.1. The molecule has 8 heteroatoms. The molecule has 7 nitrogen and oxygen atoms in total. The zero-order valence-electron chi connectivity index (χ0n) is 12.4. The molecule has 4 rings (SSSR count). The molecule has 0 unspecified atom stereocenters. The zero-order valence-corrected chi connectivity index (χ0v) is 13.2. The lowest BCUT2D eigenvalue weighted by Crippen LogP contribution is -2.32. The van der Waals surface area contributed by atoms with E-state index in [1.807, 2.05) is 10.8 Å². The van der Waals surface area contributed by atoms with Gasteiger partial charge in [-0.05, 0) is 12.3 Å². The molecule has 0 aliphatic carbocycles. The molecule has 22 heavy (non-hydrogen) atoms. The molecule has 1 aromatic rings. The molecule has 0 radical (unpaired) electrons. The highest BCUT2D eigenvalue weighted by Gasteiger charge is 2.47. The monoisotopic (exact) mass is 324 g/mol. The van der Waals surface area contributed by atoms with E-state index in [0.717, 1.165) is 31.9 Å². The number of carbonyl (C=O) groups is 1. The Hall–Kier alpha value is -1.41. The Morgan fingerprint density at radius 1 is 1.32 bits per heavy atom. The van der Waals surface area contributed by atoms with Crippen molar-refractivity contribution < 1.29 is 13.2 Å². The van der Waals surface area contributed by atoms with Crippen LogP contribution in [0.25, 0.3) is 0 Å². The first-order valence-corrected chi connectivity index (χ1v) is 9.54. The average molecular weight is 324 g/mol. The van der Waals surface area contributed by atoms with Crippen LogP contribution < -0.4 is 5.32 Å². The summed E-state index contributed by atoms with van der Waals surface area (Å²) in [6.45, 7) is 3.44. The van der Waals surface area contributed by atoms with Gasteiger partial charge in [-0.3, -0.25) is 4.79 Å². The van der Waals surface area contributed by atoms with E-state index in [1.54, 1.807) is 4.90 Å². The van der Waals surface area contributed by atoms with Gasteiger partial charge in [-0.25, -0.2) is 13.4 Å². The van der Waals surface area contributed by atoms with Gasteiger partial charge < -0.3 is 14.8 Å². The summed E-state index contributed by atoms with van der Waals surface area (Å²) < 4.78 is 26.0. The zero-order chi connectivity index (χ0) is 15.3. The number of fused-ring (bicyclic) bond motifs is 2. The molecule has 4 heterocycles. The van der Waals surface area contributed by atoms with Crippen LogP contribution in [0.5, 0.6) is 0 Å². The Morgan fingerprint density at radius 2 is 2.18 bits per heavy atom. The fourth-order valence-corrected chi connectivity index (χ4v) is 5.95. The molecule has 0 saturated carbocycles. The van der Waals surface area contributed by atoms with Crippen molar-refractivity contribution >= 4 is 15.7 Å². The summed E-state index contributed by atoms with van der Waals surface area (Å²) in [5.41, 5.74) is 0.453. The molecular formula is C14H20N4O3S. The maximum absolute atomic E-state index is 12.6. The first-order valence-electron chi connectivity index (χ1n) is 7.82. The van der Waals surface area contributed by atoms with Gasteiger partial charge in [0.05, 0.1) is 11.0 Å². The molecule has 120 valence electrons. The van der Waals surface area contributed by atoms with Gasteiger partial charge >= 0.3 is 0 Å². The Bertz CT molecular complexity index is 688. The highest BCUT2D eigenvalue weighted by atomic mass is 32.2. The van der Waals surface area contributed by atoms with E-state index in [1.165, 1.54) is 0 Å². The number of nitrogens with zero attached hydrogens (tertiary/aromatic N) is 3. The topological polar surface area (TPSA) is 84.3 Å². The van der Waals surface area contributed by atoms with E-state index in [-0.39, 0.29) is 22.8 Å². The Balaban J connectivity index is 1.54. The summed E-state index contributed by atoms with van der Waals surface area (Å²) in [6, 6.07) is 0. The van der Waals surface area contributed by atoms with Crippen molar-refractivity contribution in [1.82, 2.24) is 19.8 Å². The highest BCUT2D eigenvalue weighted by molar-refractivity contribution is 7.92. The number of carbonyl (C=O) groups excluding carboxylic acids is 1. The van der Waals surface area contributed by atoms with Gasteiger partial charge in [0.1, 0.15) is 11.5 Å². The van der Waals surface area contributed by atoms with E-state index in [0.29, 0.717) is 25.2 Å². The second-order valence-electron chi connectivity index (χ2n) is 6.40. The third kappa shape index (κ3) is 2.25. The first-order chi connectivity index (χ1) is 10.5. The van der Waals surface area contributed by atoms with Crippen molar-refractivity contribution in [2.45, 2.75) is 24.6 Å². The minimum absolute atomic E-state index is 0.110. The van der Waals surface area contributed by atoms with Crippen LogP contribution >= 0.6 is 0 Å². The largest absolute Gasteiger partial charge is 0.336 e. The highest BCUT2D eigenvalue weighted by Crippen LogP contribution is 2.34. The second kappa shape index (κ2) is 5.06. The molecule has 3 aliphatic rings. The lowest BCUT2D eigenvalue weighted by Gasteiger charge is -2.15. The van der Waals surface area contributed by atoms with Gasteiger partial charge in [-0.15, -0.1) is 0 Å². The number of hydrogen-bond acceptors (Lipinski definition) is 5. The standard InChI is InChI=1S/C14H20N4O3S/c19-14(11-8-17-5-4-15-3-1-13(17)16-11)18-7-10-2-6-22(20,21)12(10)9-18/h8,10,12,15H,1-7,9H2/t10-,12+/m0/s1. The number of nitrogens with one attached hydrogen (secondary N) is 1. The molecule has 3 aliphatic heterocycles. The maximum atomic E-state index is 12.6. The van der Waals surface area contributed by atoms with Crippen molar-refractivity contribution in [3.8, 4) is 0 Å². The molecule has 2 fully saturated rings. The summed E-state index contributed by atoms with van der Waals surface area (Å²) in [6.07, 6.45) is 3.31. The van der Waals surface area contributed by atoms with Crippen LogP contribution in [0, 0.1) is 5.92 Å². The van der Waals surface area contributed by atoms with Crippen molar-refractivity contribution in [3.63, 3.8) is 0 Å². The molecule has 1 amide bonds. The summed E-state index contributed by atoms with van der Waals surface area (Å²) >= 11 is 0. The molecule has 2 atom stereocenters. The van der Waals surface area contributed by atoms with E-state index >= 15 is 0 Å². The normalized spacial score (nSPS) is 29.9. The van der Waals surface area contributed by atoms with Gasteiger partial charge in [0.25, 0.3) is 5.91 Å². The SMILES string of the molecule is O=C(c1cn2c(n1)CCNCC2)N1C[C@@H]2CCS(=O)(=O)[C@@H]2C1. The molecule has 1 aromatic heterocycles. The number of rotatable bonds is 1. The molecule has 0 spiro atoms. The molecule has 0 bridgehead atoms. The maximum Gasteiger partial charge on any atom is 0.274 e. The fourth-order valence-electron chi connectivity index (χ4n) is 3.80. The first kappa shape index (κ1) is 14.2. The third-order valence-corrected chi connectivity index (χ3v) is 7.30. The summed E-state index contributed by atoms with van der Waals surface area (Å²) in [4.78, 5) is 18.8. The summed E-state index contributed by atoms with van der Waals surface area (Å²) in [7, 11) is -3.01. The van der Waals surface area contributed by atoms with Gasteiger partial charge in [0, 0.05) is 45.3 Å². The number of imidazole rings is 1. The van der Waals surface area contributed by atoms with Gasteiger partial charge in [0.15, 0.2) is 9.84 Å². The fraction of sp³-hybridized carbons (Fsp3) is 0.714. The molecule has 1 N–H and O–H groups in total. The van der Waals surface area contributed by atoms with Gasteiger partial charge in [-0.2, -0.15) is 0 Å². The Labute approximate surface area is 129 Å². The number of aromatic nitrogens is 2. The van der Waals surface area contributed by atoms with Crippen LogP contribution in [0.15, 0.2) is 6.20 Å². The number of amides is 1. The molecular weight excluding hydrogens is 304 g/mol. The van der Waals surface area contributed by atoms with Crippen molar-refractivity contribution in [2.24, 2.45) is 5.92 Å². The Morgan fingerprint density at radius 3 is 3.00 bits per heavy atom. The van der Waals surface area contributed by atoms with Crippen LogP contribution in [0.1, 0.15) is 22.7 Å². The third-order valence-electron chi connectivity index (χ3n) is 5.04. The number of likely N-dealkylation sites (tertiary alicyclic amines) is 1. The van der Waals surface area contributed by atoms with Gasteiger partial charge in [-0.1, -0.05) is 0 Å².